The topological polar surface area (TPSA) is 46.5 Å². The number of aliphatic carboxylic acids is 1. The molecule has 0 aromatic carbocycles. The molecular formula is C8H12O3S2. The quantitative estimate of drug-likeness (QED) is 0.381. The zero-order chi connectivity index (χ0) is 9.94. The van der Waals surface area contributed by atoms with E-state index in [1.54, 1.807) is 21.6 Å². The molecule has 74 valence electrons. The summed E-state index contributed by atoms with van der Waals surface area (Å²) < 4.78 is 5.02. The Morgan fingerprint density at radius 3 is 2.77 bits per heavy atom. The summed E-state index contributed by atoms with van der Waals surface area (Å²) >= 11 is 0. The molecule has 0 aliphatic carbocycles. The van der Waals surface area contributed by atoms with Crippen molar-refractivity contribution in [2.75, 3.05) is 24.7 Å². The van der Waals surface area contributed by atoms with E-state index in [2.05, 4.69) is 5.92 Å². The summed E-state index contributed by atoms with van der Waals surface area (Å²) in [6.07, 6.45) is 5.18. The molecule has 0 fully saturated rings. The Bertz CT molecular complexity index is 177. The molecular weight excluding hydrogens is 208 g/mol. The van der Waals surface area contributed by atoms with Crippen molar-refractivity contribution < 1.29 is 14.6 Å². The largest absolute Gasteiger partial charge is 0.481 e. The SMILES string of the molecule is C#CCOCCSSCCC(=O)O. The summed E-state index contributed by atoms with van der Waals surface area (Å²) in [4.78, 5) is 10.1. The van der Waals surface area contributed by atoms with Gasteiger partial charge in [0.2, 0.25) is 0 Å². The first-order chi connectivity index (χ1) is 6.27. The molecule has 0 aliphatic heterocycles. The fourth-order valence-electron chi connectivity index (χ4n) is 0.471. The molecule has 1 N–H and O–H groups in total. The number of hydrogen-bond acceptors (Lipinski definition) is 4. The zero-order valence-electron chi connectivity index (χ0n) is 7.19. The second kappa shape index (κ2) is 9.78. The minimum atomic E-state index is -0.753. The molecule has 0 unspecified atom stereocenters. The van der Waals surface area contributed by atoms with Gasteiger partial charge in [-0.2, -0.15) is 0 Å². The first kappa shape index (κ1) is 12.7. The molecule has 5 heteroatoms. The van der Waals surface area contributed by atoms with Crippen LogP contribution in [0.15, 0.2) is 0 Å². The van der Waals surface area contributed by atoms with Gasteiger partial charge in [-0.05, 0) is 0 Å². The zero-order valence-corrected chi connectivity index (χ0v) is 8.83. The van der Waals surface area contributed by atoms with Crippen LogP contribution in [0.5, 0.6) is 0 Å². The van der Waals surface area contributed by atoms with Crippen molar-refractivity contribution >= 4 is 27.6 Å². The molecule has 0 rings (SSSR count). The molecule has 0 saturated heterocycles. The van der Waals surface area contributed by atoms with Crippen LogP contribution >= 0.6 is 21.6 Å². The van der Waals surface area contributed by atoms with Gasteiger partial charge in [-0.15, -0.1) is 6.42 Å². The molecule has 0 aliphatic rings. The molecule has 13 heavy (non-hydrogen) atoms. The number of carbonyl (C=O) groups is 1. The summed E-state index contributed by atoms with van der Waals surface area (Å²) in [6.45, 7) is 0.968. The lowest BCUT2D eigenvalue weighted by Gasteiger charge is -1.99. The van der Waals surface area contributed by atoms with Crippen LogP contribution in [0.1, 0.15) is 6.42 Å². The number of ether oxygens (including phenoxy) is 1. The predicted molar refractivity (Wildman–Crippen MR) is 56.8 cm³/mol. The van der Waals surface area contributed by atoms with E-state index < -0.39 is 5.97 Å². The highest BCUT2D eigenvalue weighted by Crippen LogP contribution is 2.21. The van der Waals surface area contributed by atoms with Crippen molar-refractivity contribution in [3.63, 3.8) is 0 Å². The fourth-order valence-corrected chi connectivity index (χ4v) is 2.31. The summed E-state index contributed by atoms with van der Waals surface area (Å²) in [5.74, 6) is 3.09. The third kappa shape index (κ3) is 11.7. The Morgan fingerprint density at radius 1 is 1.46 bits per heavy atom. The highest BCUT2D eigenvalue weighted by atomic mass is 33.1. The van der Waals surface area contributed by atoms with Crippen molar-refractivity contribution in [1.82, 2.24) is 0 Å². The van der Waals surface area contributed by atoms with Gasteiger partial charge in [-0.25, -0.2) is 0 Å². The monoisotopic (exact) mass is 220 g/mol. The van der Waals surface area contributed by atoms with E-state index in [9.17, 15) is 4.79 Å². The minimum absolute atomic E-state index is 0.211. The first-order valence-electron chi connectivity index (χ1n) is 3.74. The van der Waals surface area contributed by atoms with Gasteiger partial charge in [0.1, 0.15) is 6.61 Å². The Morgan fingerprint density at radius 2 is 2.15 bits per heavy atom. The van der Waals surface area contributed by atoms with Crippen LogP contribution in [0.25, 0.3) is 0 Å². The summed E-state index contributed by atoms with van der Waals surface area (Å²) in [6, 6.07) is 0. The standard InChI is InChI=1S/C8H12O3S2/c1-2-4-11-5-7-13-12-6-3-8(9)10/h1H,3-7H2,(H,9,10). The molecule has 0 spiro atoms. The normalized spacial score (nSPS) is 9.46. The van der Waals surface area contributed by atoms with Gasteiger partial charge in [-0.3, -0.25) is 4.79 Å². The average Bonchev–Trinajstić information content (AvgIpc) is 2.09. The van der Waals surface area contributed by atoms with Crippen molar-refractivity contribution in [1.29, 1.82) is 0 Å². The molecule has 0 aromatic heterocycles. The van der Waals surface area contributed by atoms with Gasteiger partial charge in [-0.1, -0.05) is 27.5 Å². The van der Waals surface area contributed by atoms with Gasteiger partial charge in [0, 0.05) is 11.5 Å². The highest BCUT2D eigenvalue weighted by molar-refractivity contribution is 8.76. The van der Waals surface area contributed by atoms with Crippen LogP contribution in [0.2, 0.25) is 0 Å². The van der Waals surface area contributed by atoms with Crippen molar-refractivity contribution in [3.8, 4) is 12.3 Å². The molecule has 0 saturated carbocycles. The number of hydrogen-bond donors (Lipinski definition) is 1. The van der Waals surface area contributed by atoms with Crippen molar-refractivity contribution in [2.24, 2.45) is 0 Å². The third-order valence-corrected chi connectivity index (χ3v) is 3.35. The van der Waals surface area contributed by atoms with Crippen molar-refractivity contribution in [2.45, 2.75) is 6.42 Å². The van der Waals surface area contributed by atoms with Gasteiger partial charge in [0.05, 0.1) is 13.0 Å². The third-order valence-electron chi connectivity index (χ3n) is 0.979. The van der Waals surface area contributed by atoms with E-state index >= 15 is 0 Å². The number of carboxylic acids is 1. The summed E-state index contributed by atoms with van der Waals surface area (Å²) in [5.41, 5.74) is 0. The smallest absolute Gasteiger partial charge is 0.304 e. The van der Waals surface area contributed by atoms with Crippen LogP contribution in [0.4, 0.5) is 0 Å². The Labute approximate surface area is 86.0 Å². The molecule has 0 atom stereocenters. The summed E-state index contributed by atoms with van der Waals surface area (Å²) in [7, 11) is 3.15. The maximum atomic E-state index is 10.1. The molecule has 0 aromatic rings. The highest BCUT2D eigenvalue weighted by Gasteiger charge is 1.96. The van der Waals surface area contributed by atoms with E-state index in [4.69, 9.17) is 16.3 Å². The molecule has 0 bridgehead atoms. The van der Waals surface area contributed by atoms with Gasteiger partial charge in [0.25, 0.3) is 0 Å². The fraction of sp³-hybridized carbons (Fsp3) is 0.625. The first-order valence-corrected chi connectivity index (χ1v) is 6.23. The lowest BCUT2D eigenvalue weighted by molar-refractivity contribution is -0.136. The van der Waals surface area contributed by atoms with Gasteiger partial charge >= 0.3 is 5.97 Å². The second-order valence-electron chi connectivity index (χ2n) is 2.04. The minimum Gasteiger partial charge on any atom is -0.481 e. The second-order valence-corrected chi connectivity index (χ2v) is 4.75. The number of carboxylic acid groups (broad SMARTS) is 1. The maximum Gasteiger partial charge on any atom is 0.304 e. The maximum absolute atomic E-state index is 10.1. The van der Waals surface area contributed by atoms with E-state index in [0.29, 0.717) is 19.0 Å². The molecule has 0 radical (unpaired) electrons. The average molecular weight is 220 g/mol. The van der Waals surface area contributed by atoms with Crippen LogP contribution in [0.3, 0.4) is 0 Å². The molecule has 0 amide bonds. The van der Waals surface area contributed by atoms with Crippen LogP contribution in [-0.4, -0.2) is 35.8 Å². The van der Waals surface area contributed by atoms with E-state index in [1.807, 2.05) is 0 Å². The van der Waals surface area contributed by atoms with E-state index in [0.717, 1.165) is 5.75 Å². The summed E-state index contributed by atoms with van der Waals surface area (Å²) in [5, 5.41) is 8.32. The van der Waals surface area contributed by atoms with E-state index in [1.165, 1.54) is 0 Å². The van der Waals surface area contributed by atoms with Crippen LogP contribution in [0, 0.1) is 12.3 Å². The Hall–Kier alpha value is -0.310. The van der Waals surface area contributed by atoms with Crippen LogP contribution in [-0.2, 0) is 9.53 Å². The van der Waals surface area contributed by atoms with E-state index in [-0.39, 0.29) is 6.42 Å². The Balaban J connectivity index is 2.92. The molecule has 0 heterocycles. The van der Waals surface area contributed by atoms with Gasteiger partial charge in [0.15, 0.2) is 0 Å². The van der Waals surface area contributed by atoms with Crippen LogP contribution < -0.4 is 0 Å². The lowest BCUT2D eigenvalue weighted by Crippen LogP contribution is -1.97. The number of terminal acetylenes is 1. The van der Waals surface area contributed by atoms with Gasteiger partial charge < -0.3 is 9.84 Å². The van der Waals surface area contributed by atoms with Crippen molar-refractivity contribution in [3.05, 3.63) is 0 Å². The number of rotatable bonds is 8. The lowest BCUT2D eigenvalue weighted by atomic mass is 10.5. The Kier molecular flexibility index (Phi) is 9.54. The predicted octanol–water partition coefficient (Wildman–Crippen LogP) is 1.49. The molecule has 3 nitrogen and oxygen atoms in total.